The van der Waals surface area contributed by atoms with Crippen LogP contribution in [-0.4, -0.2) is 11.9 Å². The molecular weight excluding hydrogens is 240 g/mol. The van der Waals surface area contributed by atoms with E-state index in [1.54, 1.807) is 0 Å². The molecule has 1 unspecified atom stereocenters. The Morgan fingerprint density at radius 2 is 1.37 bits per heavy atom. The number of ether oxygens (including phenoxy) is 1. The topological polar surface area (TPSA) is 43.4 Å². The molecule has 0 heterocycles. The summed E-state index contributed by atoms with van der Waals surface area (Å²) < 4.78 is 4.83. The lowest BCUT2D eigenvalue weighted by atomic mass is 9.80. The molecule has 0 aromatic rings. The van der Waals surface area contributed by atoms with Crippen molar-refractivity contribution in [1.82, 2.24) is 0 Å². The van der Waals surface area contributed by atoms with Crippen LogP contribution in [0.4, 0.5) is 0 Å². The molecule has 0 N–H and O–H groups in total. The summed E-state index contributed by atoms with van der Waals surface area (Å²) in [5, 5.41) is 0. The molecule has 0 saturated carbocycles. The van der Waals surface area contributed by atoms with Crippen LogP contribution in [0.5, 0.6) is 0 Å². The third kappa shape index (κ3) is 8.02. The average Bonchev–Trinajstić information content (AvgIpc) is 2.34. The molecule has 0 aliphatic carbocycles. The number of carbonyl (C=O) groups excluding carboxylic acids is 2. The smallest absolute Gasteiger partial charge is 0.319 e. The lowest BCUT2D eigenvalue weighted by Gasteiger charge is -2.26. The Bertz CT molecular complexity index is 273. The van der Waals surface area contributed by atoms with Crippen LogP contribution in [0.3, 0.4) is 0 Å². The molecule has 1 atom stereocenters. The molecule has 0 spiro atoms. The Kier molecular flexibility index (Phi) is 9.54. The van der Waals surface area contributed by atoms with E-state index in [4.69, 9.17) is 4.74 Å². The molecule has 0 fully saturated rings. The summed E-state index contributed by atoms with van der Waals surface area (Å²) in [6, 6.07) is 0. The van der Waals surface area contributed by atoms with Gasteiger partial charge in [0.1, 0.15) is 0 Å². The lowest BCUT2D eigenvalue weighted by Crippen LogP contribution is -2.31. The van der Waals surface area contributed by atoms with Crippen LogP contribution in [0.15, 0.2) is 0 Å². The normalized spacial score (nSPS) is 13.9. The second-order valence-electron chi connectivity index (χ2n) is 5.71. The molecule has 0 saturated heterocycles. The van der Waals surface area contributed by atoms with E-state index < -0.39 is 11.4 Å². The lowest BCUT2D eigenvalue weighted by molar-refractivity contribution is -0.166. The minimum absolute atomic E-state index is 0.340. The number of esters is 2. The predicted octanol–water partition coefficient (Wildman–Crippen LogP) is 4.63. The van der Waals surface area contributed by atoms with Gasteiger partial charge in [0.15, 0.2) is 0 Å². The maximum Gasteiger partial charge on any atom is 0.319 e. The van der Waals surface area contributed by atoms with Crippen LogP contribution in [0.2, 0.25) is 0 Å². The van der Waals surface area contributed by atoms with Gasteiger partial charge in [-0.2, -0.15) is 0 Å². The molecule has 0 aromatic heterocycles. The van der Waals surface area contributed by atoms with Crippen molar-refractivity contribution in [3.63, 3.8) is 0 Å². The summed E-state index contributed by atoms with van der Waals surface area (Å²) in [5.41, 5.74) is -0.491. The molecule has 3 heteroatoms. The molecule has 3 nitrogen and oxygen atoms in total. The van der Waals surface area contributed by atoms with Crippen molar-refractivity contribution in [2.24, 2.45) is 5.41 Å². The largest absolute Gasteiger partial charge is 0.393 e. The summed E-state index contributed by atoms with van der Waals surface area (Å²) in [4.78, 5) is 23.1. The van der Waals surface area contributed by atoms with E-state index in [0.717, 1.165) is 44.9 Å². The highest BCUT2D eigenvalue weighted by molar-refractivity contribution is 5.87. The van der Waals surface area contributed by atoms with Crippen LogP contribution >= 0.6 is 0 Å². The standard InChI is InChI=1S/C16H30O3/c1-5-7-9-11-13-16(4,12-10-8-6-2)15(18)19-14(3)17/h5-13H2,1-4H3. The molecule has 0 amide bonds. The fourth-order valence-corrected chi connectivity index (χ4v) is 2.29. The fourth-order valence-electron chi connectivity index (χ4n) is 2.29. The van der Waals surface area contributed by atoms with Crippen LogP contribution in [0.1, 0.15) is 85.5 Å². The van der Waals surface area contributed by atoms with Gasteiger partial charge < -0.3 is 4.74 Å². The van der Waals surface area contributed by atoms with Crippen molar-refractivity contribution < 1.29 is 14.3 Å². The Morgan fingerprint density at radius 3 is 1.84 bits per heavy atom. The first kappa shape index (κ1) is 18.1. The second-order valence-corrected chi connectivity index (χ2v) is 5.71. The first-order valence-electron chi connectivity index (χ1n) is 7.69. The fraction of sp³-hybridized carbons (Fsp3) is 0.875. The molecule has 112 valence electrons. The van der Waals surface area contributed by atoms with Gasteiger partial charge in [0.2, 0.25) is 0 Å². The molecule has 0 bridgehead atoms. The third-order valence-corrected chi connectivity index (χ3v) is 3.64. The molecule has 0 aliphatic heterocycles. The van der Waals surface area contributed by atoms with Gasteiger partial charge in [-0.1, -0.05) is 58.8 Å². The Hall–Kier alpha value is -0.860. The zero-order valence-electron chi connectivity index (χ0n) is 13.1. The summed E-state index contributed by atoms with van der Waals surface area (Å²) in [7, 11) is 0. The van der Waals surface area contributed by atoms with E-state index >= 15 is 0 Å². The number of rotatable bonds is 10. The van der Waals surface area contributed by atoms with Crippen molar-refractivity contribution in [2.75, 3.05) is 0 Å². The van der Waals surface area contributed by atoms with Gasteiger partial charge in [-0.25, -0.2) is 0 Å². The average molecular weight is 270 g/mol. The van der Waals surface area contributed by atoms with E-state index in [0.29, 0.717) is 0 Å². The van der Waals surface area contributed by atoms with Gasteiger partial charge in [-0.15, -0.1) is 0 Å². The maximum atomic E-state index is 12.1. The van der Waals surface area contributed by atoms with Gasteiger partial charge in [0, 0.05) is 6.92 Å². The third-order valence-electron chi connectivity index (χ3n) is 3.64. The van der Waals surface area contributed by atoms with Crippen LogP contribution in [-0.2, 0) is 14.3 Å². The molecular formula is C16H30O3. The maximum absolute atomic E-state index is 12.1. The van der Waals surface area contributed by atoms with Crippen LogP contribution < -0.4 is 0 Å². The number of hydrogen-bond acceptors (Lipinski definition) is 3. The van der Waals surface area contributed by atoms with Crippen molar-refractivity contribution in [1.29, 1.82) is 0 Å². The van der Waals surface area contributed by atoms with Crippen molar-refractivity contribution >= 4 is 11.9 Å². The Balaban J connectivity index is 4.42. The zero-order chi connectivity index (χ0) is 14.7. The Morgan fingerprint density at radius 1 is 0.895 bits per heavy atom. The van der Waals surface area contributed by atoms with E-state index in [2.05, 4.69) is 13.8 Å². The second kappa shape index (κ2) is 9.99. The number of carbonyl (C=O) groups is 2. The predicted molar refractivity (Wildman–Crippen MR) is 77.8 cm³/mol. The monoisotopic (exact) mass is 270 g/mol. The van der Waals surface area contributed by atoms with Gasteiger partial charge >= 0.3 is 11.9 Å². The minimum Gasteiger partial charge on any atom is -0.393 e. The van der Waals surface area contributed by atoms with E-state index in [-0.39, 0.29) is 5.97 Å². The highest BCUT2D eigenvalue weighted by Gasteiger charge is 2.34. The van der Waals surface area contributed by atoms with E-state index in [1.807, 2.05) is 6.92 Å². The van der Waals surface area contributed by atoms with Gasteiger partial charge in [-0.05, 0) is 19.8 Å². The van der Waals surface area contributed by atoms with Crippen molar-refractivity contribution in [3.8, 4) is 0 Å². The van der Waals surface area contributed by atoms with Gasteiger partial charge in [0.25, 0.3) is 0 Å². The molecule has 19 heavy (non-hydrogen) atoms. The van der Waals surface area contributed by atoms with Gasteiger partial charge in [0.05, 0.1) is 5.41 Å². The Labute approximate surface area is 118 Å². The SMILES string of the molecule is CCCCCCC(C)(CCCCC)C(=O)OC(C)=O. The summed E-state index contributed by atoms with van der Waals surface area (Å²) in [6.45, 7) is 7.55. The molecule has 0 radical (unpaired) electrons. The summed E-state index contributed by atoms with van der Waals surface area (Å²) in [6.07, 6.45) is 9.48. The van der Waals surface area contributed by atoms with Gasteiger partial charge in [-0.3, -0.25) is 9.59 Å². The van der Waals surface area contributed by atoms with E-state index in [1.165, 1.54) is 19.8 Å². The summed E-state index contributed by atoms with van der Waals surface area (Å²) in [5.74, 6) is -0.840. The number of hydrogen-bond donors (Lipinski definition) is 0. The van der Waals surface area contributed by atoms with E-state index in [9.17, 15) is 9.59 Å². The minimum atomic E-state index is -0.500. The molecule has 0 aliphatic rings. The summed E-state index contributed by atoms with van der Waals surface area (Å²) >= 11 is 0. The molecule has 0 aromatic carbocycles. The quantitative estimate of drug-likeness (QED) is 0.330. The zero-order valence-corrected chi connectivity index (χ0v) is 13.1. The van der Waals surface area contributed by atoms with Crippen LogP contribution in [0, 0.1) is 5.41 Å². The molecule has 0 rings (SSSR count). The highest BCUT2D eigenvalue weighted by Crippen LogP contribution is 2.32. The van der Waals surface area contributed by atoms with Crippen molar-refractivity contribution in [2.45, 2.75) is 85.5 Å². The number of unbranched alkanes of at least 4 members (excludes halogenated alkanes) is 5. The first-order chi connectivity index (χ1) is 8.96. The highest BCUT2D eigenvalue weighted by atomic mass is 16.6. The van der Waals surface area contributed by atoms with Crippen molar-refractivity contribution in [3.05, 3.63) is 0 Å². The van der Waals surface area contributed by atoms with Crippen LogP contribution in [0.25, 0.3) is 0 Å². The first-order valence-corrected chi connectivity index (χ1v) is 7.69.